The molecule has 1 atom stereocenters. The Hall–Kier alpha value is -4.33. The summed E-state index contributed by atoms with van der Waals surface area (Å²) in [4.78, 5) is 36.3. The number of hydrogen-bond acceptors (Lipinski definition) is 5. The summed E-state index contributed by atoms with van der Waals surface area (Å²) in [5.41, 5.74) is 5.55. The molecule has 0 saturated carbocycles. The first-order chi connectivity index (χ1) is 17.4. The second kappa shape index (κ2) is 10.9. The first-order valence-corrected chi connectivity index (χ1v) is 11.7. The number of hydrogen-bond donors (Lipinski definition) is 3. The molecule has 0 unspecified atom stereocenters. The second-order valence-electron chi connectivity index (χ2n) is 8.51. The number of fused-ring (bicyclic) bond motifs is 3. The molecule has 1 aliphatic carbocycles. The van der Waals surface area contributed by atoms with Crippen LogP contribution in [0.3, 0.4) is 0 Å². The quantitative estimate of drug-likeness (QED) is 0.420. The lowest BCUT2D eigenvalue weighted by atomic mass is 9.98. The van der Waals surface area contributed by atoms with Crippen molar-refractivity contribution < 1.29 is 29.0 Å². The number of rotatable bonds is 9. The molecule has 2 amide bonds. The predicted molar refractivity (Wildman–Crippen MR) is 134 cm³/mol. The third-order valence-corrected chi connectivity index (χ3v) is 6.39. The number of benzene rings is 3. The summed E-state index contributed by atoms with van der Waals surface area (Å²) in [5, 5.41) is 14.7. The van der Waals surface area contributed by atoms with E-state index in [1.807, 2.05) is 48.5 Å². The van der Waals surface area contributed by atoms with Gasteiger partial charge in [-0.2, -0.15) is 0 Å². The summed E-state index contributed by atoms with van der Waals surface area (Å²) in [5.74, 6) is -1.16. The Kier molecular flexibility index (Phi) is 7.53. The number of aliphatic carboxylic acids is 1. The van der Waals surface area contributed by atoms with E-state index >= 15 is 0 Å². The lowest BCUT2D eigenvalue weighted by Gasteiger charge is -2.18. The van der Waals surface area contributed by atoms with Gasteiger partial charge in [0.2, 0.25) is 0 Å². The summed E-state index contributed by atoms with van der Waals surface area (Å²) < 4.78 is 10.8. The zero-order chi connectivity index (χ0) is 25.7. The molecular formula is C28H28N2O6. The van der Waals surface area contributed by atoms with Gasteiger partial charge in [0.05, 0.1) is 12.7 Å². The molecule has 0 aromatic heterocycles. The zero-order valence-corrected chi connectivity index (χ0v) is 20.1. The number of carbonyl (C=O) groups is 3. The normalized spacial score (nSPS) is 12.7. The number of carboxylic acid groups (broad SMARTS) is 1. The van der Waals surface area contributed by atoms with Gasteiger partial charge in [-0.25, -0.2) is 9.59 Å². The third kappa shape index (κ3) is 5.17. The lowest BCUT2D eigenvalue weighted by molar-refractivity contribution is -0.139. The van der Waals surface area contributed by atoms with Crippen LogP contribution in [0, 0.1) is 0 Å². The summed E-state index contributed by atoms with van der Waals surface area (Å²) >= 11 is 0. The molecule has 8 nitrogen and oxygen atoms in total. The van der Waals surface area contributed by atoms with Crippen molar-refractivity contribution >= 4 is 18.0 Å². The summed E-state index contributed by atoms with van der Waals surface area (Å²) in [6.45, 7) is 0.102. The van der Waals surface area contributed by atoms with Crippen LogP contribution in [-0.4, -0.2) is 49.9 Å². The van der Waals surface area contributed by atoms with Crippen LogP contribution in [0.5, 0.6) is 5.75 Å². The van der Waals surface area contributed by atoms with Crippen molar-refractivity contribution in [3.8, 4) is 16.9 Å². The highest BCUT2D eigenvalue weighted by Crippen LogP contribution is 2.44. The summed E-state index contributed by atoms with van der Waals surface area (Å²) in [7, 11) is 2.99. The molecule has 3 N–H and O–H groups in total. The highest BCUT2D eigenvalue weighted by molar-refractivity contribution is 5.96. The van der Waals surface area contributed by atoms with Crippen LogP contribution in [0.2, 0.25) is 0 Å². The molecular weight excluding hydrogens is 460 g/mol. The molecule has 0 radical (unpaired) electrons. The number of aryl methyl sites for hydroxylation is 1. The first-order valence-electron chi connectivity index (χ1n) is 11.7. The maximum atomic E-state index is 12.5. The number of ether oxygens (including phenoxy) is 2. The fourth-order valence-electron chi connectivity index (χ4n) is 4.56. The number of alkyl carbamates (subject to hydrolysis) is 1. The third-order valence-electron chi connectivity index (χ3n) is 6.39. The van der Waals surface area contributed by atoms with Gasteiger partial charge in [0.25, 0.3) is 5.91 Å². The average Bonchev–Trinajstić information content (AvgIpc) is 3.22. The molecule has 186 valence electrons. The summed E-state index contributed by atoms with van der Waals surface area (Å²) in [6.07, 6.45) is -0.288. The Morgan fingerprint density at radius 1 is 0.972 bits per heavy atom. The van der Waals surface area contributed by atoms with E-state index < -0.39 is 18.1 Å². The smallest absolute Gasteiger partial charge is 0.407 e. The first kappa shape index (κ1) is 24.8. The number of amides is 2. The number of methoxy groups -OCH3 is 1. The Morgan fingerprint density at radius 2 is 1.61 bits per heavy atom. The molecule has 3 aromatic carbocycles. The van der Waals surface area contributed by atoms with Gasteiger partial charge in [-0.05, 0) is 52.8 Å². The lowest BCUT2D eigenvalue weighted by Crippen LogP contribution is -2.41. The van der Waals surface area contributed by atoms with Gasteiger partial charge in [0.15, 0.2) is 0 Å². The number of carbonyl (C=O) groups excluding carboxylic acids is 2. The van der Waals surface area contributed by atoms with Gasteiger partial charge >= 0.3 is 12.1 Å². The molecule has 4 rings (SSSR count). The molecule has 0 fully saturated rings. The van der Waals surface area contributed by atoms with E-state index in [1.165, 1.54) is 14.2 Å². The van der Waals surface area contributed by atoms with E-state index in [-0.39, 0.29) is 24.9 Å². The molecule has 3 aromatic rings. The SMILES string of the molecule is CNC(=O)c1ccc(CC[C@@H](NC(=O)OCC2c3ccccc3-c3ccccc32)C(=O)O)cc1OC. The average molecular weight is 489 g/mol. The van der Waals surface area contributed by atoms with Crippen molar-refractivity contribution in [2.24, 2.45) is 0 Å². The van der Waals surface area contributed by atoms with Crippen molar-refractivity contribution in [1.29, 1.82) is 0 Å². The molecule has 0 saturated heterocycles. The fraction of sp³-hybridized carbons (Fsp3) is 0.250. The highest BCUT2D eigenvalue weighted by Gasteiger charge is 2.29. The Balaban J connectivity index is 1.38. The Labute approximate surface area is 209 Å². The van der Waals surface area contributed by atoms with Crippen LogP contribution >= 0.6 is 0 Å². The molecule has 1 aliphatic rings. The monoisotopic (exact) mass is 488 g/mol. The van der Waals surface area contributed by atoms with Crippen LogP contribution in [0.4, 0.5) is 4.79 Å². The van der Waals surface area contributed by atoms with Crippen LogP contribution in [0.1, 0.15) is 39.4 Å². The maximum absolute atomic E-state index is 12.5. The minimum Gasteiger partial charge on any atom is -0.496 e. The van der Waals surface area contributed by atoms with Crippen LogP contribution < -0.4 is 15.4 Å². The van der Waals surface area contributed by atoms with Crippen LogP contribution in [0.25, 0.3) is 11.1 Å². The molecule has 0 bridgehead atoms. The molecule has 8 heteroatoms. The largest absolute Gasteiger partial charge is 0.496 e. The predicted octanol–water partition coefficient (Wildman–Crippen LogP) is 3.98. The number of nitrogens with one attached hydrogen (secondary N) is 2. The minimum absolute atomic E-state index is 0.102. The topological polar surface area (TPSA) is 114 Å². The standard InChI is InChI=1S/C28H28N2O6/c1-29-26(31)22-13-11-17(15-25(22)35-2)12-14-24(27(32)33)30-28(34)36-16-23-20-9-5-3-7-18(20)19-8-4-6-10-21(19)23/h3-11,13,15,23-24H,12,14,16H2,1-2H3,(H,29,31)(H,30,34)(H,32,33)/t24-/m1/s1. The maximum Gasteiger partial charge on any atom is 0.407 e. The molecule has 0 spiro atoms. The van der Waals surface area contributed by atoms with E-state index in [4.69, 9.17) is 9.47 Å². The Morgan fingerprint density at radius 3 is 2.19 bits per heavy atom. The fourth-order valence-corrected chi connectivity index (χ4v) is 4.56. The molecule has 0 heterocycles. The van der Waals surface area contributed by atoms with Gasteiger partial charge in [0.1, 0.15) is 18.4 Å². The van der Waals surface area contributed by atoms with E-state index in [2.05, 4.69) is 10.6 Å². The zero-order valence-electron chi connectivity index (χ0n) is 20.1. The van der Waals surface area contributed by atoms with Gasteiger partial charge in [-0.15, -0.1) is 0 Å². The van der Waals surface area contributed by atoms with Crippen molar-refractivity contribution in [3.05, 3.63) is 89.0 Å². The van der Waals surface area contributed by atoms with Gasteiger partial charge < -0.3 is 25.2 Å². The van der Waals surface area contributed by atoms with E-state index in [0.29, 0.717) is 17.7 Å². The van der Waals surface area contributed by atoms with Crippen LogP contribution in [0.15, 0.2) is 66.7 Å². The second-order valence-corrected chi connectivity index (χ2v) is 8.51. The molecule has 0 aliphatic heterocycles. The van der Waals surface area contributed by atoms with Crippen molar-refractivity contribution in [3.63, 3.8) is 0 Å². The van der Waals surface area contributed by atoms with Gasteiger partial charge in [0, 0.05) is 13.0 Å². The minimum atomic E-state index is -1.16. The molecule has 36 heavy (non-hydrogen) atoms. The number of carboxylic acids is 1. The summed E-state index contributed by atoms with van der Waals surface area (Å²) in [6, 6.07) is 19.9. The van der Waals surface area contributed by atoms with Gasteiger partial charge in [-0.3, -0.25) is 4.79 Å². The van der Waals surface area contributed by atoms with Crippen LogP contribution in [-0.2, 0) is 16.0 Å². The van der Waals surface area contributed by atoms with Crippen molar-refractivity contribution in [2.75, 3.05) is 20.8 Å². The van der Waals surface area contributed by atoms with Gasteiger partial charge in [-0.1, -0.05) is 54.6 Å². The van der Waals surface area contributed by atoms with Crippen molar-refractivity contribution in [2.45, 2.75) is 24.8 Å². The Bertz CT molecular complexity index is 1240. The van der Waals surface area contributed by atoms with E-state index in [1.54, 1.807) is 18.2 Å². The van der Waals surface area contributed by atoms with Crippen molar-refractivity contribution in [1.82, 2.24) is 10.6 Å². The van der Waals surface area contributed by atoms with E-state index in [9.17, 15) is 19.5 Å². The van der Waals surface area contributed by atoms with E-state index in [0.717, 1.165) is 27.8 Å². The highest BCUT2D eigenvalue weighted by atomic mass is 16.5.